The van der Waals surface area contributed by atoms with Crippen LogP contribution in [0.4, 0.5) is 5.82 Å². The summed E-state index contributed by atoms with van der Waals surface area (Å²) in [6, 6.07) is 10.8. The Kier molecular flexibility index (Phi) is 3.50. The predicted octanol–water partition coefficient (Wildman–Crippen LogP) is 1.83. The zero-order valence-electron chi connectivity index (χ0n) is 12.9. The molecular weight excluding hydrogens is 276 g/mol. The lowest BCUT2D eigenvalue weighted by Crippen LogP contribution is -2.44. The molecule has 2 N–H and O–H groups in total. The Bertz CT molecular complexity index is 666. The molecule has 22 heavy (non-hydrogen) atoms. The molecule has 0 saturated carbocycles. The second-order valence-electron chi connectivity index (χ2n) is 6.33. The number of benzene rings is 1. The van der Waals surface area contributed by atoms with Crippen LogP contribution in [0.2, 0.25) is 0 Å². The highest BCUT2D eigenvalue weighted by Crippen LogP contribution is 2.24. The maximum absolute atomic E-state index is 5.84. The smallest absolute Gasteiger partial charge is 0.124 e. The maximum Gasteiger partial charge on any atom is 0.124 e. The molecule has 0 amide bonds. The summed E-state index contributed by atoms with van der Waals surface area (Å²) in [5, 5.41) is 11.7. The first-order valence-electron chi connectivity index (χ1n) is 8.00. The number of anilines is 1. The van der Waals surface area contributed by atoms with Crippen LogP contribution in [0, 0.1) is 12.8 Å². The third-order valence-corrected chi connectivity index (χ3v) is 4.48. The number of nitrogens with one attached hydrogen (secondary N) is 2. The molecule has 2 aliphatic rings. The van der Waals surface area contributed by atoms with Gasteiger partial charge in [0.25, 0.3) is 0 Å². The number of hydrogen-bond acceptors (Lipinski definition) is 4. The number of fused-ring (bicyclic) bond motifs is 2. The van der Waals surface area contributed by atoms with Crippen molar-refractivity contribution in [3.63, 3.8) is 0 Å². The fraction of sp³-hybridized carbons (Fsp3) is 0.471. The number of aromatic nitrogens is 2. The van der Waals surface area contributed by atoms with Gasteiger partial charge in [0, 0.05) is 37.7 Å². The molecule has 116 valence electrons. The van der Waals surface area contributed by atoms with Crippen LogP contribution in [-0.2, 0) is 13.0 Å². The molecule has 0 radical (unpaired) electrons. The Morgan fingerprint density at radius 2 is 2.32 bits per heavy atom. The Balaban J connectivity index is 1.33. The molecule has 5 heteroatoms. The molecule has 0 bridgehead atoms. The molecule has 0 fully saturated rings. The summed E-state index contributed by atoms with van der Waals surface area (Å²) in [7, 11) is 0. The minimum absolute atomic E-state index is 0.399. The van der Waals surface area contributed by atoms with E-state index < -0.39 is 0 Å². The lowest BCUT2D eigenvalue weighted by Gasteiger charge is -2.30. The molecule has 2 atom stereocenters. The van der Waals surface area contributed by atoms with E-state index in [1.54, 1.807) is 0 Å². The fourth-order valence-electron chi connectivity index (χ4n) is 3.31. The third-order valence-electron chi connectivity index (χ3n) is 4.48. The molecule has 5 nitrogen and oxygen atoms in total. The molecule has 3 heterocycles. The van der Waals surface area contributed by atoms with Gasteiger partial charge in [-0.15, -0.1) is 0 Å². The van der Waals surface area contributed by atoms with E-state index in [9.17, 15) is 0 Å². The van der Waals surface area contributed by atoms with E-state index in [1.807, 2.05) is 13.0 Å². The van der Waals surface area contributed by atoms with Crippen LogP contribution in [0.15, 0.2) is 30.3 Å². The highest BCUT2D eigenvalue weighted by atomic mass is 16.5. The van der Waals surface area contributed by atoms with Crippen molar-refractivity contribution < 1.29 is 4.74 Å². The van der Waals surface area contributed by atoms with Crippen molar-refractivity contribution in [2.45, 2.75) is 25.9 Å². The summed E-state index contributed by atoms with van der Waals surface area (Å²) in [4.78, 5) is 0. The van der Waals surface area contributed by atoms with Crippen LogP contribution < -0.4 is 15.4 Å². The normalized spacial score (nSPS) is 23.1. The Morgan fingerprint density at radius 1 is 1.41 bits per heavy atom. The highest BCUT2D eigenvalue weighted by molar-refractivity contribution is 5.38. The van der Waals surface area contributed by atoms with E-state index in [4.69, 9.17) is 4.74 Å². The van der Waals surface area contributed by atoms with Gasteiger partial charge in [-0.3, -0.25) is 0 Å². The molecule has 1 aromatic carbocycles. The van der Waals surface area contributed by atoms with Gasteiger partial charge in [0.2, 0.25) is 0 Å². The first-order chi connectivity index (χ1) is 10.8. The van der Waals surface area contributed by atoms with Gasteiger partial charge in [-0.1, -0.05) is 18.2 Å². The molecule has 0 spiro atoms. The van der Waals surface area contributed by atoms with Crippen LogP contribution in [0.3, 0.4) is 0 Å². The summed E-state index contributed by atoms with van der Waals surface area (Å²) >= 11 is 0. The molecule has 4 rings (SSSR count). The van der Waals surface area contributed by atoms with E-state index in [1.165, 1.54) is 5.56 Å². The predicted molar refractivity (Wildman–Crippen MR) is 86.4 cm³/mol. The summed E-state index contributed by atoms with van der Waals surface area (Å²) in [5.74, 6) is 2.74. The van der Waals surface area contributed by atoms with Crippen molar-refractivity contribution in [2.75, 3.05) is 25.0 Å². The van der Waals surface area contributed by atoms with Gasteiger partial charge in [0.05, 0.1) is 5.69 Å². The van der Waals surface area contributed by atoms with E-state index in [-0.39, 0.29) is 0 Å². The molecule has 2 aromatic rings. The minimum atomic E-state index is 0.399. The van der Waals surface area contributed by atoms with Crippen molar-refractivity contribution >= 4 is 5.82 Å². The SMILES string of the molecule is Cc1cc2n(n1)CC(CNC1COc3ccccc3C1)CN2. The minimum Gasteiger partial charge on any atom is -0.492 e. The Hall–Kier alpha value is -2.01. The Morgan fingerprint density at radius 3 is 3.27 bits per heavy atom. The van der Waals surface area contributed by atoms with Gasteiger partial charge in [-0.05, 0) is 25.0 Å². The first-order valence-corrected chi connectivity index (χ1v) is 8.00. The van der Waals surface area contributed by atoms with Gasteiger partial charge < -0.3 is 15.4 Å². The van der Waals surface area contributed by atoms with E-state index in [0.717, 1.165) is 49.9 Å². The van der Waals surface area contributed by atoms with Crippen LogP contribution in [0.25, 0.3) is 0 Å². The number of rotatable bonds is 3. The van der Waals surface area contributed by atoms with E-state index in [2.05, 4.69) is 44.7 Å². The Labute approximate surface area is 130 Å². The lowest BCUT2D eigenvalue weighted by atomic mass is 10.0. The molecule has 0 aliphatic carbocycles. The lowest BCUT2D eigenvalue weighted by molar-refractivity contribution is 0.230. The van der Waals surface area contributed by atoms with Crippen LogP contribution in [0.5, 0.6) is 5.75 Å². The zero-order valence-corrected chi connectivity index (χ0v) is 12.9. The molecular formula is C17H22N4O. The third kappa shape index (κ3) is 2.68. The monoisotopic (exact) mass is 298 g/mol. The van der Waals surface area contributed by atoms with Crippen molar-refractivity contribution in [1.29, 1.82) is 0 Å². The standard InChI is InChI=1S/C17H22N4O/c1-12-6-17-19-9-13(10-21(17)20-12)8-18-15-7-14-4-2-3-5-16(14)22-11-15/h2-6,13,15,18-19H,7-11H2,1H3. The van der Waals surface area contributed by atoms with Gasteiger partial charge in [-0.25, -0.2) is 4.68 Å². The van der Waals surface area contributed by atoms with Gasteiger partial charge in [-0.2, -0.15) is 5.10 Å². The average Bonchev–Trinajstić information content (AvgIpc) is 2.92. The van der Waals surface area contributed by atoms with Crippen molar-refractivity contribution in [2.24, 2.45) is 5.92 Å². The number of aryl methyl sites for hydroxylation is 1. The van der Waals surface area contributed by atoms with E-state index >= 15 is 0 Å². The van der Waals surface area contributed by atoms with Crippen LogP contribution in [-0.4, -0.2) is 35.5 Å². The van der Waals surface area contributed by atoms with Crippen molar-refractivity contribution in [1.82, 2.24) is 15.1 Å². The second-order valence-corrected chi connectivity index (χ2v) is 6.33. The number of hydrogen-bond donors (Lipinski definition) is 2. The van der Waals surface area contributed by atoms with Crippen molar-refractivity contribution in [3.05, 3.63) is 41.6 Å². The van der Waals surface area contributed by atoms with Crippen molar-refractivity contribution in [3.8, 4) is 5.75 Å². The summed E-state index contributed by atoms with van der Waals surface area (Å²) in [6.45, 7) is 5.76. The topological polar surface area (TPSA) is 51.1 Å². The number of ether oxygens (including phenoxy) is 1. The molecule has 1 aromatic heterocycles. The second kappa shape index (κ2) is 5.65. The number of nitrogens with zero attached hydrogens (tertiary/aromatic N) is 2. The first kappa shape index (κ1) is 13.6. The van der Waals surface area contributed by atoms with Gasteiger partial charge in [0.15, 0.2) is 0 Å². The maximum atomic E-state index is 5.84. The highest BCUT2D eigenvalue weighted by Gasteiger charge is 2.23. The van der Waals surface area contributed by atoms with Crippen LogP contribution >= 0.6 is 0 Å². The summed E-state index contributed by atoms with van der Waals surface area (Å²) in [5.41, 5.74) is 2.38. The largest absolute Gasteiger partial charge is 0.492 e. The summed E-state index contributed by atoms with van der Waals surface area (Å²) < 4.78 is 7.92. The summed E-state index contributed by atoms with van der Waals surface area (Å²) in [6.07, 6.45) is 1.04. The van der Waals surface area contributed by atoms with Gasteiger partial charge >= 0.3 is 0 Å². The molecule has 0 saturated heterocycles. The zero-order chi connectivity index (χ0) is 14.9. The molecule has 2 unspecified atom stereocenters. The average molecular weight is 298 g/mol. The van der Waals surface area contributed by atoms with Crippen LogP contribution in [0.1, 0.15) is 11.3 Å². The molecule has 2 aliphatic heterocycles. The fourth-order valence-corrected chi connectivity index (χ4v) is 3.31. The van der Waals surface area contributed by atoms with E-state index in [0.29, 0.717) is 12.0 Å². The van der Waals surface area contributed by atoms with Gasteiger partial charge in [0.1, 0.15) is 18.2 Å². The quantitative estimate of drug-likeness (QED) is 0.907. The number of para-hydroxylation sites is 1.